The molecule has 0 aromatic heterocycles. The number of sulfonamides is 1. The van der Waals surface area contributed by atoms with Gasteiger partial charge in [0, 0.05) is 12.3 Å². The number of benzene rings is 2. The highest BCUT2D eigenvalue weighted by Gasteiger charge is 2.37. The molecular weight excluding hydrogens is 417 g/mol. The lowest BCUT2D eigenvalue weighted by atomic mass is 10.2. The van der Waals surface area contributed by atoms with E-state index in [1.807, 2.05) is 12.1 Å². The van der Waals surface area contributed by atoms with Gasteiger partial charge in [0.15, 0.2) is 0 Å². The summed E-state index contributed by atoms with van der Waals surface area (Å²) in [6, 6.07) is 10.5. The van der Waals surface area contributed by atoms with E-state index < -0.39 is 15.8 Å². The van der Waals surface area contributed by atoms with E-state index in [4.69, 9.17) is 4.74 Å². The number of methoxy groups -OCH3 is 1. The van der Waals surface area contributed by atoms with Crippen molar-refractivity contribution in [3.05, 3.63) is 58.3 Å². The molecule has 0 bridgehead atoms. The molecule has 2 aromatic carbocycles. The zero-order chi connectivity index (χ0) is 17.3. The first-order chi connectivity index (χ1) is 11.4. The summed E-state index contributed by atoms with van der Waals surface area (Å²) in [5, 5.41) is -0.317. The van der Waals surface area contributed by atoms with E-state index in [0.717, 1.165) is 22.2 Å². The van der Waals surface area contributed by atoms with Gasteiger partial charge >= 0.3 is 0 Å². The van der Waals surface area contributed by atoms with Gasteiger partial charge in [-0.05, 0) is 57.9 Å². The third-order valence-corrected chi connectivity index (χ3v) is 7.62. The minimum absolute atomic E-state index is 0.101. The lowest BCUT2D eigenvalue weighted by Crippen LogP contribution is -2.30. The van der Waals surface area contributed by atoms with Gasteiger partial charge in [0.2, 0.25) is 10.0 Å². The molecule has 0 saturated carbocycles. The van der Waals surface area contributed by atoms with Crippen molar-refractivity contribution in [2.24, 2.45) is 0 Å². The van der Waals surface area contributed by atoms with Crippen LogP contribution in [0.4, 0.5) is 4.39 Å². The summed E-state index contributed by atoms with van der Waals surface area (Å²) in [6.07, 6.45) is 0. The number of halogens is 2. The molecule has 0 amide bonds. The van der Waals surface area contributed by atoms with Crippen molar-refractivity contribution in [3.8, 4) is 5.75 Å². The Bertz CT molecular complexity index is 843. The molecule has 0 spiro atoms. The van der Waals surface area contributed by atoms with Crippen LogP contribution in [0, 0.1) is 5.82 Å². The lowest BCUT2D eigenvalue weighted by molar-refractivity contribution is 0.410. The molecule has 24 heavy (non-hydrogen) atoms. The summed E-state index contributed by atoms with van der Waals surface area (Å²) in [5.74, 6) is 0.935. The minimum atomic E-state index is -3.68. The molecule has 1 fully saturated rings. The van der Waals surface area contributed by atoms with Crippen molar-refractivity contribution < 1.29 is 17.5 Å². The second-order valence-corrected chi connectivity index (χ2v) is 9.12. The largest absolute Gasteiger partial charge is 0.496 e. The van der Waals surface area contributed by atoms with Gasteiger partial charge in [0.1, 0.15) is 11.6 Å². The molecule has 0 N–H and O–H groups in total. The molecule has 4 nitrogen and oxygen atoms in total. The van der Waals surface area contributed by atoms with Crippen LogP contribution < -0.4 is 4.74 Å². The first kappa shape index (κ1) is 17.7. The number of thioether (sulfide) groups is 1. The average Bonchev–Trinajstić information content (AvgIpc) is 3.05. The number of ether oxygens (including phenoxy) is 1. The van der Waals surface area contributed by atoms with Crippen molar-refractivity contribution in [2.75, 3.05) is 19.4 Å². The molecule has 1 saturated heterocycles. The van der Waals surface area contributed by atoms with Crippen LogP contribution in [0.5, 0.6) is 5.75 Å². The van der Waals surface area contributed by atoms with Crippen molar-refractivity contribution in [1.82, 2.24) is 4.31 Å². The van der Waals surface area contributed by atoms with Crippen LogP contribution in [0.25, 0.3) is 0 Å². The lowest BCUT2D eigenvalue weighted by Gasteiger charge is -2.24. The number of rotatable bonds is 4. The monoisotopic (exact) mass is 431 g/mol. The van der Waals surface area contributed by atoms with Crippen LogP contribution in [-0.2, 0) is 10.0 Å². The first-order valence-electron chi connectivity index (χ1n) is 7.16. The fourth-order valence-corrected chi connectivity index (χ4v) is 6.33. The molecular formula is C16H15BrFNO3S2. The van der Waals surface area contributed by atoms with E-state index in [2.05, 4.69) is 15.9 Å². The molecule has 0 aliphatic carbocycles. The zero-order valence-electron chi connectivity index (χ0n) is 12.8. The van der Waals surface area contributed by atoms with Crippen LogP contribution in [0.2, 0.25) is 0 Å². The second-order valence-electron chi connectivity index (χ2n) is 5.19. The van der Waals surface area contributed by atoms with Gasteiger partial charge in [-0.1, -0.05) is 6.07 Å². The molecule has 3 rings (SSSR count). The minimum Gasteiger partial charge on any atom is -0.496 e. The van der Waals surface area contributed by atoms with E-state index in [0.29, 0.717) is 18.0 Å². The topological polar surface area (TPSA) is 46.6 Å². The van der Waals surface area contributed by atoms with Crippen LogP contribution in [0.3, 0.4) is 0 Å². The maximum Gasteiger partial charge on any atom is 0.244 e. The summed E-state index contributed by atoms with van der Waals surface area (Å²) < 4.78 is 46.3. The Balaban J connectivity index is 1.95. The van der Waals surface area contributed by atoms with Crippen molar-refractivity contribution in [3.63, 3.8) is 0 Å². The van der Waals surface area contributed by atoms with E-state index in [1.165, 1.54) is 16.4 Å². The van der Waals surface area contributed by atoms with Gasteiger partial charge in [-0.15, -0.1) is 11.8 Å². The van der Waals surface area contributed by atoms with Crippen LogP contribution in [-0.4, -0.2) is 32.1 Å². The van der Waals surface area contributed by atoms with Gasteiger partial charge in [-0.3, -0.25) is 0 Å². The molecule has 0 radical (unpaired) electrons. The summed E-state index contributed by atoms with van der Waals surface area (Å²) in [4.78, 5) is 0.101. The Kier molecular flexibility index (Phi) is 5.19. The summed E-state index contributed by atoms with van der Waals surface area (Å²) >= 11 is 5.00. The maximum atomic E-state index is 13.1. The highest BCUT2D eigenvalue weighted by Crippen LogP contribution is 2.43. The van der Waals surface area contributed by atoms with Gasteiger partial charge in [0.25, 0.3) is 0 Å². The Morgan fingerprint density at radius 3 is 2.58 bits per heavy atom. The van der Waals surface area contributed by atoms with Gasteiger partial charge < -0.3 is 4.74 Å². The van der Waals surface area contributed by atoms with E-state index >= 15 is 0 Å². The van der Waals surface area contributed by atoms with Crippen molar-refractivity contribution in [1.29, 1.82) is 0 Å². The summed E-state index contributed by atoms with van der Waals surface area (Å²) in [6.45, 7) is 0.415. The molecule has 128 valence electrons. The molecule has 1 heterocycles. The van der Waals surface area contributed by atoms with Crippen molar-refractivity contribution >= 4 is 37.7 Å². The van der Waals surface area contributed by atoms with E-state index in [9.17, 15) is 12.8 Å². The number of nitrogens with zero attached hydrogens (tertiary/aromatic N) is 1. The standard InChI is InChI=1S/C16H15BrFNO3S2/c1-22-15-7-2-11(10-14(15)17)16-19(8-9-23-16)24(20,21)13-5-3-12(18)4-6-13/h2-7,10,16H,8-9H2,1H3. The highest BCUT2D eigenvalue weighted by atomic mass is 79.9. The average molecular weight is 432 g/mol. The van der Waals surface area contributed by atoms with E-state index in [1.54, 1.807) is 24.9 Å². The smallest absolute Gasteiger partial charge is 0.244 e. The van der Waals surface area contributed by atoms with Gasteiger partial charge in [-0.25, -0.2) is 12.8 Å². The fraction of sp³-hybridized carbons (Fsp3) is 0.250. The predicted octanol–water partition coefficient (Wildman–Crippen LogP) is 4.03. The Labute approximate surface area is 153 Å². The quantitative estimate of drug-likeness (QED) is 0.732. The van der Waals surface area contributed by atoms with Gasteiger partial charge in [-0.2, -0.15) is 4.31 Å². The van der Waals surface area contributed by atoms with Gasteiger partial charge in [0.05, 0.1) is 21.9 Å². The third kappa shape index (κ3) is 3.33. The number of hydrogen-bond donors (Lipinski definition) is 0. The zero-order valence-corrected chi connectivity index (χ0v) is 16.0. The molecule has 1 aliphatic heterocycles. The second kappa shape index (κ2) is 7.03. The molecule has 1 unspecified atom stereocenters. The SMILES string of the molecule is COc1ccc(C2SCCN2S(=O)(=O)c2ccc(F)cc2)cc1Br. The highest BCUT2D eigenvalue weighted by molar-refractivity contribution is 9.10. The third-order valence-electron chi connectivity index (χ3n) is 3.73. The normalized spacial score (nSPS) is 18.7. The van der Waals surface area contributed by atoms with Crippen LogP contribution in [0.1, 0.15) is 10.9 Å². The van der Waals surface area contributed by atoms with Crippen LogP contribution in [0.15, 0.2) is 51.8 Å². The van der Waals surface area contributed by atoms with E-state index in [-0.39, 0.29) is 10.3 Å². The predicted molar refractivity (Wildman–Crippen MR) is 96.2 cm³/mol. The summed E-state index contributed by atoms with van der Waals surface area (Å²) in [5.41, 5.74) is 0.871. The Morgan fingerprint density at radius 2 is 1.96 bits per heavy atom. The summed E-state index contributed by atoms with van der Waals surface area (Å²) in [7, 11) is -2.10. The molecule has 2 aromatic rings. The molecule has 8 heteroatoms. The maximum absolute atomic E-state index is 13.1. The van der Waals surface area contributed by atoms with Crippen LogP contribution >= 0.6 is 27.7 Å². The molecule has 1 aliphatic rings. The Hall–Kier alpha value is -1.09. The Morgan fingerprint density at radius 1 is 1.25 bits per heavy atom. The molecule has 1 atom stereocenters. The fourth-order valence-electron chi connectivity index (χ4n) is 2.54. The first-order valence-corrected chi connectivity index (χ1v) is 10.4. The number of hydrogen-bond acceptors (Lipinski definition) is 4. The van der Waals surface area contributed by atoms with Crippen molar-refractivity contribution in [2.45, 2.75) is 10.3 Å².